The van der Waals surface area contributed by atoms with E-state index < -0.39 is 5.91 Å². The minimum Gasteiger partial charge on any atom is -0.376 e. The number of nitrogens with one attached hydrogen (secondary N) is 2. The number of nitrogens with two attached hydrogens (primary N) is 1. The molecule has 1 aromatic heterocycles. The van der Waals surface area contributed by atoms with E-state index in [0.29, 0.717) is 11.1 Å². The van der Waals surface area contributed by atoms with Crippen LogP contribution in [0.15, 0.2) is 54.7 Å². The molecule has 0 saturated heterocycles. The second kappa shape index (κ2) is 7.32. The molecule has 0 aliphatic carbocycles. The molecule has 4 N–H and O–H groups in total. The summed E-state index contributed by atoms with van der Waals surface area (Å²) in [7, 11) is 1.93. The lowest BCUT2D eigenvalue weighted by Gasteiger charge is -2.22. The quantitative estimate of drug-likeness (QED) is 0.647. The molecule has 1 atom stereocenters. The van der Waals surface area contributed by atoms with Crippen molar-refractivity contribution in [1.29, 1.82) is 0 Å². The molecule has 3 aromatic rings. The highest BCUT2D eigenvalue weighted by Gasteiger charge is 2.14. The summed E-state index contributed by atoms with van der Waals surface area (Å²) in [6.45, 7) is 2.85. The van der Waals surface area contributed by atoms with Crippen LogP contribution in [-0.2, 0) is 0 Å². The standard InChI is InChI=1S/C20H22N4O/c1-13-5-3-6-14(11-13)18(12-22-2)24-17-9-10-23-19-15(17)7-4-8-16(19)20(21)25/h3-11,18,22H,12H2,1-2H3,(H2,21,25)(H,23,24)/t18-/m1/s1. The average molecular weight is 334 g/mol. The minimum absolute atomic E-state index is 0.0905. The van der Waals surface area contributed by atoms with E-state index in [9.17, 15) is 4.79 Å². The highest BCUT2D eigenvalue weighted by Crippen LogP contribution is 2.28. The van der Waals surface area contributed by atoms with Crippen LogP contribution in [0, 0.1) is 6.92 Å². The van der Waals surface area contributed by atoms with E-state index >= 15 is 0 Å². The maximum atomic E-state index is 11.7. The molecule has 5 heteroatoms. The zero-order valence-electron chi connectivity index (χ0n) is 14.4. The summed E-state index contributed by atoms with van der Waals surface area (Å²) in [4.78, 5) is 16.0. The third-order valence-electron chi connectivity index (χ3n) is 4.22. The van der Waals surface area contributed by atoms with Crippen molar-refractivity contribution in [3.63, 3.8) is 0 Å². The maximum absolute atomic E-state index is 11.7. The van der Waals surface area contributed by atoms with E-state index in [-0.39, 0.29) is 6.04 Å². The third-order valence-corrected chi connectivity index (χ3v) is 4.22. The molecule has 3 rings (SSSR count). The van der Waals surface area contributed by atoms with Gasteiger partial charge in [0.2, 0.25) is 0 Å². The van der Waals surface area contributed by atoms with Crippen LogP contribution in [0.2, 0.25) is 0 Å². The molecule has 5 nitrogen and oxygen atoms in total. The van der Waals surface area contributed by atoms with Crippen LogP contribution in [0.1, 0.15) is 27.5 Å². The zero-order valence-corrected chi connectivity index (χ0v) is 14.4. The van der Waals surface area contributed by atoms with Gasteiger partial charge in [-0.1, -0.05) is 42.0 Å². The Labute approximate surface area is 147 Å². The number of aryl methyl sites for hydroxylation is 1. The normalized spacial score (nSPS) is 12.1. The number of para-hydroxylation sites is 1. The number of carbonyl (C=O) groups excluding carboxylic acids is 1. The Hall–Kier alpha value is -2.92. The molecule has 0 bridgehead atoms. The van der Waals surface area contributed by atoms with E-state index in [0.717, 1.165) is 17.6 Å². The van der Waals surface area contributed by atoms with Gasteiger partial charge in [-0.05, 0) is 31.7 Å². The first-order valence-electron chi connectivity index (χ1n) is 8.25. The number of carbonyl (C=O) groups is 1. The van der Waals surface area contributed by atoms with Gasteiger partial charge in [0.25, 0.3) is 5.91 Å². The van der Waals surface area contributed by atoms with E-state index in [4.69, 9.17) is 5.73 Å². The molecular weight excluding hydrogens is 312 g/mol. The largest absolute Gasteiger partial charge is 0.376 e. The summed E-state index contributed by atoms with van der Waals surface area (Å²) < 4.78 is 0. The van der Waals surface area contributed by atoms with Gasteiger partial charge in [0.1, 0.15) is 0 Å². The predicted octanol–water partition coefficient (Wildman–Crippen LogP) is 3.01. The molecule has 0 radical (unpaired) electrons. The summed E-state index contributed by atoms with van der Waals surface area (Å²) in [6, 6.07) is 15.9. The Kier molecular flexibility index (Phi) is 4.95. The van der Waals surface area contributed by atoms with Gasteiger partial charge in [0, 0.05) is 23.8 Å². The molecule has 128 valence electrons. The number of primary amides is 1. The molecule has 0 spiro atoms. The number of pyridine rings is 1. The number of anilines is 1. The van der Waals surface area contributed by atoms with Crippen molar-refractivity contribution >= 4 is 22.5 Å². The molecule has 0 aliphatic heterocycles. The third kappa shape index (κ3) is 3.61. The number of hydrogen-bond donors (Lipinski definition) is 3. The van der Waals surface area contributed by atoms with Crippen molar-refractivity contribution in [2.75, 3.05) is 18.9 Å². The van der Waals surface area contributed by atoms with Gasteiger partial charge in [-0.15, -0.1) is 0 Å². The van der Waals surface area contributed by atoms with E-state index in [2.05, 4.69) is 46.8 Å². The topological polar surface area (TPSA) is 80.0 Å². The first kappa shape index (κ1) is 16.9. The van der Waals surface area contributed by atoms with Crippen LogP contribution in [0.3, 0.4) is 0 Å². The summed E-state index contributed by atoms with van der Waals surface area (Å²) >= 11 is 0. The van der Waals surface area contributed by atoms with Gasteiger partial charge in [-0.3, -0.25) is 9.78 Å². The molecule has 0 unspecified atom stereocenters. The molecule has 2 aromatic carbocycles. The van der Waals surface area contributed by atoms with Crippen molar-refractivity contribution < 1.29 is 4.79 Å². The Balaban J connectivity index is 2.03. The van der Waals surface area contributed by atoms with Gasteiger partial charge in [0.15, 0.2) is 0 Å². The van der Waals surface area contributed by atoms with Gasteiger partial charge < -0.3 is 16.4 Å². The van der Waals surface area contributed by atoms with Crippen LogP contribution >= 0.6 is 0 Å². The Morgan fingerprint density at radius 3 is 2.72 bits per heavy atom. The van der Waals surface area contributed by atoms with E-state index in [1.165, 1.54) is 11.1 Å². The smallest absolute Gasteiger partial charge is 0.250 e. The average Bonchev–Trinajstić information content (AvgIpc) is 2.61. The molecule has 0 aliphatic rings. The van der Waals surface area contributed by atoms with Crippen molar-refractivity contribution in [2.45, 2.75) is 13.0 Å². The van der Waals surface area contributed by atoms with Crippen molar-refractivity contribution in [1.82, 2.24) is 10.3 Å². The minimum atomic E-state index is -0.472. The van der Waals surface area contributed by atoms with Crippen LogP contribution in [-0.4, -0.2) is 24.5 Å². The summed E-state index contributed by atoms with van der Waals surface area (Å²) in [5.41, 5.74) is 9.87. The van der Waals surface area contributed by atoms with Crippen molar-refractivity contribution in [3.8, 4) is 0 Å². The van der Waals surface area contributed by atoms with Crippen LogP contribution < -0.4 is 16.4 Å². The predicted molar refractivity (Wildman–Crippen MR) is 102 cm³/mol. The fourth-order valence-electron chi connectivity index (χ4n) is 3.03. The molecule has 1 heterocycles. The summed E-state index contributed by atoms with van der Waals surface area (Å²) in [5.74, 6) is -0.472. The van der Waals surface area contributed by atoms with Crippen LogP contribution in [0.25, 0.3) is 10.9 Å². The number of fused-ring (bicyclic) bond motifs is 1. The number of amides is 1. The van der Waals surface area contributed by atoms with Crippen molar-refractivity contribution in [3.05, 3.63) is 71.4 Å². The van der Waals surface area contributed by atoms with Gasteiger partial charge >= 0.3 is 0 Å². The number of hydrogen-bond acceptors (Lipinski definition) is 4. The Morgan fingerprint density at radius 2 is 2.00 bits per heavy atom. The molecule has 1 amide bonds. The highest BCUT2D eigenvalue weighted by molar-refractivity contribution is 6.07. The SMILES string of the molecule is CNC[C@@H](Nc1ccnc2c(C(N)=O)cccc12)c1cccc(C)c1. The fourth-order valence-corrected chi connectivity index (χ4v) is 3.03. The first-order valence-corrected chi connectivity index (χ1v) is 8.25. The summed E-state index contributed by atoms with van der Waals surface area (Å²) in [6.07, 6.45) is 1.70. The van der Waals surface area contributed by atoms with Crippen LogP contribution in [0.4, 0.5) is 5.69 Å². The monoisotopic (exact) mass is 334 g/mol. The number of aromatic nitrogens is 1. The first-order chi connectivity index (χ1) is 12.1. The van der Waals surface area contributed by atoms with Crippen molar-refractivity contribution in [2.24, 2.45) is 5.73 Å². The molecule has 25 heavy (non-hydrogen) atoms. The van der Waals surface area contributed by atoms with Gasteiger partial charge in [0.05, 0.1) is 17.1 Å². The lowest BCUT2D eigenvalue weighted by molar-refractivity contribution is 0.100. The van der Waals surface area contributed by atoms with E-state index in [1.807, 2.05) is 25.2 Å². The van der Waals surface area contributed by atoms with Crippen LogP contribution in [0.5, 0.6) is 0 Å². The second-order valence-corrected chi connectivity index (χ2v) is 6.09. The highest BCUT2D eigenvalue weighted by atomic mass is 16.1. The molecular formula is C20H22N4O. The number of likely N-dealkylation sites (N-methyl/N-ethyl adjacent to an activating group) is 1. The molecule has 0 saturated carbocycles. The maximum Gasteiger partial charge on any atom is 0.250 e. The zero-order chi connectivity index (χ0) is 17.8. The number of rotatable bonds is 6. The summed E-state index contributed by atoms with van der Waals surface area (Å²) in [5, 5.41) is 7.69. The van der Waals surface area contributed by atoms with Gasteiger partial charge in [-0.2, -0.15) is 0 Å². The Bertz CT molecular complexity index is 907. The Morgan fingerprint density at radius 1 is 1.20 bits per heavy atom. The number of nitrogens with zero attached hydrogens (tertiary/aromatic N) is 1. The lowest BCUT2D eigenvalue weighted by Crippen LogP contribution is -2.24. The fraction of sp³-hybridized carbons (Fsp3) is 0.200. The lowest BCUT2D eigenvalue weighted by atomic mass is 10.0. The second-order valence-electron chi connectivity index (χ2n) is 6.09. The van der Waals surface area contributed by atoms with Gasteiger partial charge in [-0.25, -0.2) is 0 Å². The van der Waals surface area contributed by atoms with E-state index in [1.54, 1.807) is 12.3 Å². The molecule has 0 fully saturated rings. The number of benzene rings is 2.